The predicted molar refractivity (Wildman–Crippen MR) is 74.5 cm³/mol. The van der Waals surface area contributed by atoms with Gasteiger partial charge in [0.1, 0.15) is 12.2 Å². The molecule has 0 saturated carbocycles. The molecule has 1 aliphatic heterocycles. The molecular formula is C14H19N3O4. The number of likely N-dealkylation sites (tertiary alicyclic amines) is 1. The molecule has 1 fully saturated rings. The zero-order valence-corrected chi connectivity index (χ0v) is 11.7. The number of nitrogens with zero attached hydrogens (tertiary/aromatic N) is 2. The van der Waals surface area contributed by atoms with E-state index in [9.17, 15) is 14.4 Å². The van der Waals surface area contributed by atoms with Crippen molar-refractivity contribution in [2.75, 3.05) is 13.1 Å². The number of piperidine rings is 1. The number of nitrogens with two attached hydrogens (primary N) is 1. The number of rotatable bonds is 5. The molecule has 3 N–H and O–H groups in total. The maximum Gasteiger partial charge on any atom is 0.323 e. The minimum Gasteiger partial charge on any atom is -0.480 e. The van der Waals surface area contributed by atoms with E-state index in [1.165, 1.54) is 4.57 Å². The average Bonchev–Trinajstić information content (AvgIpc) is 2.85. The van der Waals surface area contributed by atoms with E-state index in [-0.39, 0.29) is 24.3 Å². The number of hydrogen-bond donors (Lipinski definition) is 2. The summed E-state index contributed by atoms with van der Waals surface area (Å²) in [6.45, 7) is 0.899. The molecule has 0 atom stereocenters. The van der Waals surface area contributed by atoms with Crippen LogP contribution in [0.15, 0.2) is 18.3 Å². The monoisotopic (exact) mass is 293 g/mol. The Morgan fingerprint density at radius 3 is 2.52 bits per heavy atom. The molecular weight excluding hydrogens is 274 g/mol. The normalized spacial score (nSPS) is 15.9. The first-order chi connectivity index (χ1) is 9.97. The number of aliphatic carboxylic acids is 1. The summed E-state index contributed by atoms with van der Waals surface area (Å²) in [5, 5.41) is 8.83. The highest BCUT2D eigenvalue weighted by Crippen LogP contribution is 2.21. The lowest BCUT2D eigenvalue weighted by atomic mass is 9.93. The first-order valence-corrected chi connectivity index (χ1v) is 6.92. The van der Waals surface area contributed by atoms with Crippen LogP contribution in [-0.4, -0.2) is 45.4 Å². The molecule has 21 heavy (non-hydrogen) atoms. The van der Waals surface area contributed by atoms with E-state index in [1.807, 2.05) is 0 Å². The van der Waals surface area contributed by atoms with Crippen LogP contribution in [-0.2, 0) is 16.1 Å². The number of carbonyl (C=O) groups is 3. The van der Waals surface area contributed by atoms with Crippen molar-refractivity contribution in [3.8, 4) is 0 Å². The molecule has 2 amide bonds. The highest BCUT2D eigenvalue weighted by molar-refractivity contribution is 5.93. The Labute approximate surface area is 122 Å². The summed E-state index contributed by atoms with van der Waals surface area (Å²) in [5.41, 5.74) is 5.56. The van der Waals surface area contributed by atoms with Gasteiger partial charge < -0.3 is 20.3 Å². The van der Waals surface area contributed by atoms with Gasteiger partial charge in [0.25, 0.3) is 5.91 Å². The van der Waals surface area contributed by atoms with Crippen molar-refractivity contribution >= 4 is 17.8 Å². The Hall–Kier alpha value is -2.31. The number of carbonyl (C=O) groups excluding carboxylic acids is 2. The highest BCUT2D eigenvalue weighted by atomic mass is 16.4. The highest BCUT2D eigenvalue weighted by Gasteiger charge is 2.26. The van der Waals surface area contributed by atoms with Gasteiger partial charge in [-0.25, -0.2) is 0 Å². The quantitative estimate of drug-likeness (QED) is 0.814. The van der Waals surface area contributed by atoms with E-state index in [0.29, 0.717) is 25.2 Å². The van der Waals surface area contributed by atoms with Crippen LogP contribution >= 0.6 is 0 Å². The van der Waals surface area contributed by atoms with Crippen LogP contribution in [0.3, 0.4) is 0 Å². The molecule has 2 heterocycles. The van der Waals surface area contributed by atoms with Crippen molar-refractivity contribution in [3.63, 3.8) is 0 Å². The van der Waals surface area contributed by atoms with E-state index in [0.717, 1.165) is 12.8 Å². The summed E-state index contributed by atoms with van der Waals surface area (Å²) in [6, 6.07) is 3.29. The zero-order chi connectivity index (χ0) is 15.4. The van der Waals surface area contributed by atoms with Gasteiger partial charge in [-0.2, -0.15) is 0 Å². The van der Waals surface area contributed by atoms with Gasteiger partial charge in [0, 0.05) is 25.7 Å². The number of hydrogen-bond acceptors (Lipinski definition) is 3. The summed E-state index contributed by atoms with van der Waals surface area (Å²) in [7, 11) is 0. The molecule has 0 aliphatic carbocycles. The fourth-order valence-electron chi connectivity index (χ4n) is 2.68. The zero-order valence-electron chi connectivity index (χ0n) is 11.7. The Bertz CT molecular complexity index is 544. The van der Waals surface area contributed by atoms with Crippen LogP contribution in [0.1, 0.15) is 29.8 Å². The van der Waals surface area contributed by atoms with E-state index in [4.69, 9.17) is 10.8 Å². The van der Waals surface area contributed by atoms with Crippen molar-refractivity contribution in [3.05, 3.63) is 24.0 Å². The maximum atomic E-state index is 12.4. The van der Waals surface area contributed by atoms with Crippen LogP contribution in [0.5, 0.6) is 0 Å². The molecule has 0 spiro atoms. The lowest BCUT2D eigenvalue weighted by Gasteiger charge is -2.31. The van der Waals surface area contributed by atoms with Crippen LogP contribution in [0.2, 0.25) is 0 Å². The standard InChI is InChI=1S/C14H19N3O4/c15-12(18)8-10-3-6-16(7-4-10)14(21)11-2-1-5-17(11)9-13(19)20/h1-2,5,10H,3-4,6-9H2,(H2,15,18)(H,19,20). The van der Waals surface area contributed by atoms with E-state index >= 15 is 0 Å². The van der Waals surface area contributed by atoms with Crippen LogP contribution in [0, 0.1) is 5.92 Å². The molecule has 0 bridgehead atoms. The summed E-state index contributed by atoms with van der Waals surface area (Å²) < 4.78 is 1.43. The molecule has 1 aliphatic rings. The van der Waals surface area contributed by atoms with Gasteiger partial charge in [0.2, 0.25) is 5.91 Å². The smallest absolute Gasteiger partial charge is 0.323 e. The third-order valence-electron chi connectivity index (χ3n) is 3.75. The largest absolute Gasteiger partial charge is 0.480 e. The fourth-order valence-corrected chi connectivity index (χ4v) is 2.68. The molecule has 1 aromatic heterocycles. The molecule has 1 saturated heterocycles. The molecule has 0 radical (unpaired) electrons. The molecule has 0 aromatic carbocycles. The van der Waals surface area contributed by atoms with E-state index < -0.39 is 5.97 Å². The Kier molecular flexibility index (Phi) is 4.62. The first kappa shape index (κ1) is 15.1. The second-order valence-corrected chi connectivity index (χ2v) is 5.32. The van der Waals surface area contributed by atoms with Crippen molar-refractivity contribution in [1.82, 2.24) is 9.47 Å². The second-order valence-electron chi connectivity index (χ2n) is 5.32. The van der Waals surface area contributed by atoms with Crippen LogP contribution in [0.25, 0.3) is 0 Å². The summed E-state index contributed by atoms with van der Waals surface area (Å²) >= 11 is 0. The number of aromatic nitrogens is 1. The minimum atomic E-state index is -0.986. The minimum absolute atomic E-state index is 0.168. The maximum absolute atomic E-state index is 12.4. The molecule has 1 aromatic rings. The van der Waals surface area contributed by atoms with E-state index in [1.54, 1.807) is 23.2 Å². The number of carboxylic acids is 1. The van der Waals surface area contributed by atoms with Gasteiger partial charge in [-0.15, -0.1) is 0 Å². The molecule has 7 heteroatoms. The Morgan fingerprint density at radius 1 is 1.29 bits per heavy atom. The van der Waals surface area contributed by atoms with Crippen LogP contribution in [0.4, 0.5) is 0 Å². The summed E-state index contributed by atoms with van der Waals surface area (Å²) in [6.07, 6.45) is 3.43. The molecule has 7 nitrogen and oxygen atoms in total. The van der Waals surface area contributed by atoms with Gasteiger partial charge in [-0.05, 0) is 30.9 Å². The predicted octanol–water partition coefficient (Wildman–Crippen LogP) is 0.300. The van der Waals surface area contributed by atoms with Crippen molar-refractivity contribution < 1.29 is 19.5 Å². The Morgan fingerprint density at radius 2 is 1.95 bits per heavy atom. The topological polar surface area (TPSA) is 106 Å². The van der Waals surface area contributed by atoms with Crippen molar-refractivity contribution in [2.24, 2.45) is 11.7 Å². The van der Waals surface area contributed by atoms with Crippen molar-refractivity contribution in [2.45, 2.75) is 25.8 Å². The summed E-state index contributed by atoms with van der Waals surface area (Å²) in [5.74, 6) is -1.23. The Balaban J connectivity index is 1.97. The molecule has 114 valence electrons. The van der Waals surface area contributed by atoms with Gasteiger partial charge in [0.05, 0.1) is 0 Å². The second kappa shape index (κ2) is 6.43. The number of carboxylic acid groups (broad SMARTS) is 1. The lowest BCUT2D eigenvalue weighted by Crippen LogP contribution is -2.40. The van der Waals surface area contributed by atoms with Gasteiger partial charge in [-0.1, -0.05) is 0 Å². The molecule has 2 rings (SSSR count). The number of primary amides is 1. The molecule has 0 unspecified atom stereocenters. The van der Waals surface area contributed by atoms with Crippen LogP contribution < -0.4 is 5.73 Å². The van der Waals surface area contributed by atoms with Gasteiger partial charge >= 0.3 is 5.97 Å². The SMILES string of the molecule is NC(=O)CC1CCN(C(=O)c2cccn2CC(=O)O)CC1. The fraction of sp³-hybridized carbons (Fsp3) is 0.500. The third-order valence-corrected chi connectivity index (χ3v) is 3.75. The van der Waals surface area contributed by atoms with Gasteiger partial charge in [-0.3, -0.25) is 14.4 Å². The van der Waals surface area contributed by atoms with Crippen molar-refractivity contribution in [1.29, 1.82) is 0 Å². The lowest BCUT2D eigenvalue weighted by molar-refractivity contribution is -0.137. The average molecular weight is 293 g/mol. The number of amides is 2. The van der Waals surface area contributed by atoms with Gasteiger partial charge in [0.15, 0.2) is 0 Å². The first-order valence-electron chi connectivity index (χ1n) is 6.92. The van der Waals surface area contributed by atoms with E-state index in [2.05, 4.69) is 0 Å². The summed E-state index contributed by atoms with van der Waals surface area (Å²) in [4.78, 5) is 35.8. The third kappa shape index (κ3) is 3.84.